The Balaban J connectivity index is 2.44. The molecule has 2 nitrogen and oxygen atoms in total. The van der Waals surface area contributed by atoms with E-state index in [1.807, 2.05) is 0 Å². The highest BCUT2D eigenvalue weighted by Gasteiger charge is 2.26. The zero-order valence-corrected chi connectivity index (χ0v) is 7.73. The Morgan fingerprint density at radius 3 is 3.00 bits per heavy atom. The Morgan fingerprint density at radius 2 is 2.45 bits per heavy atom. The lowest BCUT2D eigenvalue weighted by atomic mass is 10.2. The van der Waals surface area contributed by atoms with Crippen LogP contribution in [0.25, 0.3) is 0 Å². The van der Waals surface area contributed by atoms with Crippen LogP contribution in [0.3, 0.4) is 0 Å². The van der Waals surface area contributed by atoms with Crippen LogP contribution in [0.5, 0.6) is 0 Å². The molecule has 0 aromatic heterocycles. The van der Waals surface area contributed by atoms with E-state index in [1.165, 1.54) is 6.42 Å². The minimum atomic E-state index is 0.171. The summed E-state index contributed by atoms with van der Waals surface area (Å²) in [7, 11) is 0. The third-order valence-corrected chi connectivity index (χ3v) is 2.43. The maximum Gasteiger partial charge on any atom is 0.174 e. The normalized spacial score (nSPS) is 25.7. The van der Waals surface area contributed by atoms with Crippen molar-refractivity contribution < 1.29 is 5.11 Å². The zero-order valence-electron chi connectivity index (χ0n) is 6.92. The average Bonchev–Trinajstić information content (AvgIpc) is 2.36. The number of hydrogen-bond donors (Lipinski definition) is 1. The molecular formula is C8H15NOS. The molecule has 0 aromatic carbocycles. The van der Waals surface area contributed by atoms with Crippen molar-refractivity contribution in [1.29, 1.82) is 0 Å². The van der Waals surface area contributed by atoms with Gasteiger partial charge in [-0.15, -0.1) is 0 Å². The summed E-state index contributed by atoms with van der Waals surface area (Å²) in [5, 5.41) is 9.32. The van der Waals surface area contributed by atoms with Crippen LogP contribution >= 0.6 is 12.2 Å². The van der Waals surface area contributed by atoms with E-state index < -0.39 is 0 Å². The van der Waals surface area contributed by atoms with Gasteiger partial charge in [-0.1, -0.05) is 6.92 Å². The SMILES string of the molecule is CCCN1CCC[C@H]1C(O)=S. The van der Waals surface area contributed by atoms with Gasteiger partial charge in [0.1, 0.15) is 0 Å². The van der Waals surface area contributed by atoms with E-state index in [9.17, 15) is 0 Å². The Morgan fingerprint density at radius 1 is 1.73 bits per heavy atom. The van der Waals surface area contributed by atoms with Crippen LogP contribution in [0.2, 0.25) is 0 Å². The van der Waals surface area contributed by atoms with E-state index >= 15 is 0 Å². The average molecular weight is 173 g/mol. The van der Waals surface area contributed by atoms with Crippen LogP contribution in [-0.4, -0.2) is 34.2 Å². The summed E-state index contributed by atoms with van der Waals surface area (Å²) in [6.07, 6.45) is 3.35. The van der Waals surface area contributed by atoms with E-state index in [1.54, 1.807) is 0 Å². The van der Waals surface area contributed by atoms with Crippen LogP contribution in [0.4, 0.5) is 0 Å². The van der Waals surface area contributed by atoms with E-state index in [-0.39, 0.29) is 11.1 Å². The lowest BCUT2D eigenvalue weighted by Gasteiger charge is -2.21. The molecule has 0 spiro atoms. The van der Waals surface area contributed by atoms with Gasteiger partial charge >= 0.3 is 0 Å². The summed E-state index contributed by atoms with van der Waals surface area (Å²) in [4.78, 5) is 2.27. The first-order valence-corrected chi connectivity index (χ1v) is 4.63. The van der Waals surface area contributed by atoms with E-state index in [0.29, 0.717) is 0 Å². The number of likely N-dealkylation sites (tertiary alicyclic amines) is 1. The number of thiocarbonyl (C=S) groups is 1. The molecule has 1 heterocycles. The van der Waals surface area contributed by atoms with Crippen LogP contribution in [-0.2, 0) is 0 Å². The third kappa shape index (κ3) is 2.14. The molecule has 1 fully saturated rings. The first-order chi connectivity index (χ1) is 5.25. The molecule has 1 saturated heterocycles. The zero-order chi connectivity index (χ0) is 8.27. The summed E-state index contributed by atoms with van der Waals surface area (Å²) in [6.45, 7) is 4.31. The fourth-order valence-electron chi connectivity index (χ4n) is 1.66. The molecular weight excluding hydrogens is 158 g/mol. The van der Waals surface area contributed by atoms with Crippen molar-refractivity contribution >= 4 is 17.3 Å². The number of hydrogen-bond acceptors (Lipinski definition) is 2. The first kappa shape index (κ1) is 8.94. The van der Waals surface area contributed by atoms with E-state index in [0.717, 1.165) is 25.9 Å². The van der Waals surface area contributed by atoms with Gasteiger partial charge in [0.05, 0.1) is 6.04 Å². The fraction of sp³-hybridized carbons (Fsp3) is 0.875. The number of rotatable bonds is 3. The van der Waals surface area contributed by atoms with Crippen LogP contribution in [0, 0.1) is 0 Å². The maximum atomic E-state index is 9.14. The van der Waals surface area contributed by atoms with Gasteiger partial charge in [0.15, 0.2) is 5.05 Å². The van der Waals surface area contributed by atoms with Gasteiger partial charge < -0.3 is 5.11 Å². The van der Waals surface area contributed by atoms with Crippen LogP contribution in [0.1, 0.15) is 26.2 Å². The van der Waals surface area contributed by atoms with E-state index in [2.05, 4.69) is 11.8 Å². The van der Waals surface area contributed by atoms with Crippen molar-refractivity contribution in [3.05, 3.63) is 0 Å². The molecule has 64 valence electrons. The van der Waals surface area contributed by atoms with Crippen LogP contribution in [0.15, 0.2) is 0 Å². The van der Waals surface area contributed by atoms with Gasteiger partial charge in [0.2, 0.25) is 0 Å². The van der Waals surface area contributed by atoms with Gasteiger partial charge in [-0.05, 0) is 44.6 Å². The molecule has 11 heavy (non-hydrogen) atoms. The molecule has 0 amide bonds. The molecule has 0 aliphatic carbocycles. The van der Waals surface area contributed by atoms with E-state index in [4.69, 9.17) is 17.3 Å². The summed E-state index contributed by atoms with van der Waals surface area (Å²) in [5.74, 6) is 0. The molecule has 0 unspecified atom stereocenters. The highest BCUT2D eigenvalue weighted by atomic mass is 32.1. The molecule has 3 heteroatoms. The van der Waals surface area contributed by atoms with Crippen molar-refractivity contribution in [3.8, 4) is 0 Å². The maximum absolute atomic E-state index is 9.14. The topological polar surface area (TPSA) is 23.5 Å². The minimum Gasteiger partial charge on any atom is -0.501 e. The van der Waals surface area contributed by atoms with Gasteiger partial charge in [0, 0.05) is 0 Å². The predicted molar refractivity (Wildman–Crippen MR) is 50.1 cm³/mol. The Labute approximate surface area is 73.2 Å². The smallest absolute Gasteiger partial charge is 0.174 e. The van der Waals surface area contributed by atoms with Crippen molar-refractivity contribution in [3.63, 3.8) is 0 Å². The second-order valence-corrected chi connectivity index (χ2v) is 3.45. The Kier molecular flexibility index (Phi) is 3.27. The predicted octanol–water partition coefficient (Wildman–Crippen LogP) is 1.75. The van der Waals surface area contributed by atoms with Crippen molar-refractivity contribution in [1.82, 2.24) is 4.90 Å². The van der Waals surface area contributed by atoms with Gasteiger partial charge in [0.25, 0.3) is 0 Å². The summed E-state index contributed by atoms with van der Waals surface area (Å²) < 4.78 is 0. The molecule has 1 aliphatic rings. The second-order valence-electron chi connectivity index (χ2n) is 3.03. The minimum absolute atomic E-state index is 0.171. The summed E-state index contributed by atoms with van der Waals surface area (Å²) in [5.41, 5.74) is 0. The molecule has 0 aromatic rings. The third-order valence-electron chi connectivity index (χ3n) is 2.16. The van der Waals surface area contributed by atoms with Crippen molar-refractivity contribution in [2.45, 2.75) is 32.2 Å². The first-order valence-electron chi connectivity index (χ1n) is 4.22. The molecule has 1 rings (SSSR count). The quantitative estimate of drug-likeness (QED) is 0.658. The van der Waals surface area contributed by atoms with Gasteiger partial charge in [-0.3, -0.25) is 4.90 Å². The largest absolute Gasteiger partial charge is 0.501 e. The Bertz CT molecular complexity index is 149. The summed E-state index contributed by atoms with van der Waals surface area (Å²) in [6, 6.07) is 0.171. The molecule has 0 bridgehead atoms. The van der Waals surface area contributed by atoms with Gasteiger partial charge in [-0.25, -0.2) is 0 Å². The lowest BCUT2D eigenvalue weighted by Crippen LogP contribution is -2.35. The molecule has 1 aliphatic heterocycles. The van der Waals surface area contributed by atoms with Crippen molar-refractivity contribution in [2.24, 2.45) is 0 Å². The van der Waals surface area contributed by atoms with Crippen molar-refractivity contribution in [2.75, 3.05) is 13.1 Å². The highest BCUT2D eigenvalue weighted by molar-refractivity contribution is 7.80. The number of aliphatic hydroxyl groups is 1. The number of aliphatic hydroxyl groups excluding tert-OH is 1. The van der Waals surface area contributed by atoms with Crippen LogP contribution < -0.4 is 0 Å². The molecule has 0 radical (unpaired) electrons. The summed E-state index contributed by atoms with van der Waals surface area (Å²) >= 11 is 4.76. The van der Waals surface area contributed by atoms with Gasteiger partial charge in [-0.2, -0.15) is 0 Å². The Hall–Kier alpha value is -0.150. The molecule has 1 N–H and O–H groups in total. The monoisotopic (exact) mass is 173 g/mol. The standard InChI is InChI=1S/C8H15NOS/c1-2-5-9-6-3-4-7(9)8(10)11/h7H,2-6H2,1H3,(H,10,11)/t7-/m0/s1. The molecule has 1 atom stereocenters. The molecule has 0 saturated carbocycles. The lowest BCUT2D eigenvalue weighted by molar-refractivity contribution is 0.285. The fourth-order valence-corrected chi connectivity index (χ4v) is 1.93. The second kappa shape index (κ2) is 4.02. The highest BCUT2D eigenvalue weighted by Crippen LogP contribution is 2.17. The number of nitrogens with zero attached hydrogens (tertiary/aromatic N) is 1.